The Bertz CT molecular complexity index is 587. The maximum atomic E-state index is 11.1. The first-order valence-corrected chi connectivity index (χ1v) is 5.04. The molecule has 0 aliphatic carbocycles. The molecule has 0 spiro atoms. The summed E-state index contributed by atoms with van der Waals surface area (Å²) < 4.78 is 12.0. The lowest BCUT2D eigenvalue weighted by Gasteiger charge is -2.00. The van der Waals surface area contributed by atoms with Crippen LogP contribution in [0, 0.1) is 0 Å². The first-order valence-electron chi connectivity index (χ1n) is 5.04. The molecule has 0 fully saturated rings. The average Bonchev–Trinajstić information content (AvgIpc) is 2.62. The fraction of sp³-hybridized carbons (Fsp3) is 0.300. The van der Waals surface area contributed by atoms with Crippen molar-refractivity contribution in [3.8, 4) is 17.3 Å². The zero-order chi connectivity index (χ0) is 12.4. The van der Waals surface area contributed by atoms with Gasteiger partial charge in [0, 0.05) is 17.8 Å². The van der Waals surface area contributed by atoms with Crippen molar-refractivity contribution >= 4 is 0 Å². The van der Waals surface area contributed by atoms with Crippen LogP contribution in [-0.2, 0) is 7.05 Å². The molecule has 1 N–H and O–H groups in total. The van der Waals surface area contributed by atoms with E-state index < -0.39 is 5.76 Å². The third-order valence-corrected chi connectivity index (χ3v) is 2.12. The van der Waals surface area contributed by atoms with Crippen LogP contribution in [0.5, 0.6) is 5.75 Å². The Labute approximate surface area is 96.4 Å². The highest BCUT2D eigenvalue weighted by Gasteiger charge is 2.21. The van der Waals surface area contributed by atoms with Crippen molar-refractivity contribution in [3.63, 3.8) is 0 Å². The largest absolute Gasteiger partial charge is 0.493 e. The van der Waals surface area contributed by atoms with E-state index in [1.54, 1.807) is 6.07 Å². The quantitative estimate of drug-likeness (QED) is 0.599. The molecule has 2 aromatic heterocycles. The minimum absolute atomic E-state index is 0.0292. The number of hydrogen-bond acceptors (Lipinski definition) is 5. The standard InChI is InChI=1S/C10H12N3O4/c1-3-16-7-4-5-13(15)8(6-7)9-11-12(2)10(14)17-9/h4-6,15H,3H2,1-2H3/q+1. The van der Waals surface area contributed by atoms with E-state index in [2.05, 4.69) is 5.10 Å². The van der Waals surface area contributed by atoms with Gasteiger partial charge in [0.2, 0.25) is 6.20 Å². The second-order valence-electron chi connectivity index (χ2n) is 3.32. The Morgan fingerprint density at radius 1 is 1.65 bits per heavy atom. The first-order chi connectivity index (χ1) is 8.11. The molecular formula is C10H12N3O4+. The summed E-state index contributed by atoms with van der Waals surface area (Å²) in [6, 6.07) is 3.13. The lowest BCUT2D eigenvalue weighted by atomic mass is 10.3. The summed E-state index contributed by atoms with van der Waals surface area (Å²) in [7, 11) is 1.46. The highest BCUT2D eigenvalue weighted by Crippen LogP contribution is 2.16. The monoisotopic (exact) mass is 238 g/mol. The molecule has 7 heteroatoms. The molecule has 0 unspecified atom stereocenters. The predicted octanol–water partition coefficient (Wildman–Crippen LogP) is -0.0362. The van der Waals surface area contributed by atoms with Gasteiger partial charge in [-0.1, -0.05) is 0 Å². The summed E-state index contributed by atoms with van der Waals surface area (Å²) >= 11 is 0. The van der Waals surface area contributed by atoms with Gasteiger partial charge in [-0.15, -0.1) is 5.10 Å². The Balaban J connectivity index is 2.50. The molecule has 0 amide bonds. The van der Waals surface area contributed by atoms with Gasteiger partial charge in [-0.3, -0.25) is 5.21 Å². The SMILES string of the molecule is CCOc1cc[n+](O)c(-c2nn(C)c(=O)o2)c1. The number of pyridine rings is 1. The molecule has 90 valence electrons. The van der Waals surface area contributed by atoms with E-state index in [4.69, 9.17) is 9.15 Å². The smallest absolute Gasteiger partial charge is 0.437 e. The van der Waals surface area contributed by atoms with Crippen molar-refractivity contribution < 1.29 is 19.1 Å². The molecule has 0 aromatic carbocycles. The van der Waals surface area contributed by atoms with Crippen LogP contribution in [0.3, 0.4) is 0 Å². The number of rotatable bonds is 3. The Kier molecular flexibility index (Phi) is 2.82. The Morgan fingerprint density at radius 2 is 2.41 bits per heavy atom. The van der Waals surface area contributed by atoms with Crippen LogP contribution in [0.15, 0.2) is 27.5 Å². The average molecular weight is 238 g/mol. The van der Waals surface area contributed by atoms with Crippen molar-refractivity contribution in [2.45, 2.75) is 6.92 Å². The fourth-order valence-electron chi connectivity index (χ4n) is 1.34. The zero-order valence-corrected chi connectivity index (χ0v) is 9.45. The van der Waals surface area contributed by atoms with Crippen molar-refractivity contribution in [3.05, 3.63) is 28.9 Å². The van der Waals surface area contributed by atoms with Crippen LogP contribution in [0.4, 0.5) is 0 Å². The van der Waals surface area contributed by atoms with Crippen LogP contribution >= 0.6 is 0 Å². The molecule has 0 aliphatic heterocycles. The highest BCUT2D eigenvalue weighted by atomic mass is 16.5. The molecule has 0 saturated carbocycles. The van der Waals surface area contributed by atoms with E-state index in [0.717, 1.165) is 9.41 Å². The molecular weight excluding hydrogens is 226 g/mol. The second kappa shape index (κ2) is 4.28. The van der Waals surface area contributed by atoms with Crippen LogP contribution in [0.2, 0.25) is 0 Å². The van der Waals surface area contributed by atoms with Crippen LogP contribution in [0.1, 0.15) is 6.92 Å². The molecule has 7 nitrogen and oxygen atoms in total. The number of nitrogens with zero attached hydrogens (tertiary/aromatic N) is 3. The highest BCUT2D eigenvalue weighted by molar-refractivity contribution is 5.44. The summed E-state index contributed by atoms with van der Waals surface area (Å²) in [5.74, 6) is -0.00975. The van der Waals surface area contributed by atoms with Gasteiger partial charge in [-0.05, 0) is 6.92 Å². The van der Waals surface area contributed by atoms with Crippen molar-refractivity contribution in [2.75, 3.05) is 6.61 Å². The predicted molar refractivity (Wildman–Crippen MR) is 55.7 cm³/mol. The van der Waals surface area contributed by atoms with Gasteiger partial charge in [0.25, 0.3) is 0 Å². The minimum atomic E-state index is -0.596. The molecule has 17 heavy (non-hydrogen) atoms. The lowest BCUT2D eigenvalue weighted by Crippen LogP contribution is -2.32. The number of aryl methyl sites for hydroxylation is 1. The van der Waals surface area contributed by atoms with Gasteiger partial charge in [-0.25, -0.2) is 4.79 Å². The molecule has 2 heterocycles. The molecule has 2 aromatic rings. The molecule has 0 saturated heterocycles. The topological polar surface area (TPSA) is 81.4 Å². The molecule has 0 radical (unpaired) electrons. The van der Waals surface area contributed by atoms with Crippen LogP contribution in [-0.4, -0.2) is 21.6 Å². The maximum absolute atomic E-state index is 11.1. The summed E-state index contributed by atoms with van der Waals surface area (Å²) in [6.45, 7) is 2.35. The summed E-state index contributed by atoms with van der Waals surface area (Å²) in [5, 5.41) is 13.5. The van der Waals surface area contributed by atoms with Crippen molar-refractivity contribution in [1.82, 2.24) is 9.78 Å². The maximum Gasteiger partial charge on any atom is 0.437 e. The third-order valence-electron chi connectivity index (χ3n) is 2.12. The van der Waals surface area contributed by atoms with Gasteiger partial charge < -0.3 is 9.15 Å². The lowest BCUT2D eigenvalue weighted by molar-refractivity contribution is -0.896. The van der Waals surface area contributed by atoms with E-state index in [-0.39, 0.29) is 11.6 Å². The van der Waals surface area contributed by atoms with Gasteiger partial charge >= 0.3 is 17.3 Å². The zero-order valence-electron chi connectivity index (χ0n) is 9.45. The van der Waals surface area contributed by atoms with E-state index in [9.17, 15) is 10.0 Å². The van der Waals surface area contributed by atoms with Gasteiger partial charge in [0.05, 0.1) is 12.7 Å². The molecule has 0 atom stereocenters. The van der Waals surface area contributed by atoms with Crippen molar-refractivity contribution in [2.24, 2.45) is 7.05 Å². The van der Waals surface area contributed by atoms with Crippen LogP contribution in [0.25, 0.3) is 11.6 Å². The van der Waals surface area contributed by atoms with E-state index in [1.807, 2.05) is 6.92 Å². The summed E-state index contributed by atoms with van der Waals surface area (Å²) in [4.78, 5) is 11.1. The fourth-order valence-corrected chi connectivity index (χ4v) is 1.34. The van der Waals surface area contributed by atoms with Gasteiger partial charge in [0.15, 0.2) is 0 Å². The third kappa shape index (κ3) is 2.12. The van der Waals surface area contributed by atoms with Gasteiger partial charge in [0.1, 0.15) is 5.75 Å². The Hall–Kier alpha value is -2.31. The summed E-state index contributed by atoms with van der Waals surface area (Å²) in [5.41, 5.74) is 0.244. The molecule has 0 aliphatic rings. The number of ether oxygens (including phenoxy) is 1. The van der Waals surface area contributed by atoms with E-state index in [0.29, 0.717) is 12.4 Å². The molecule has 0 bridgehead atoms. The first kappa shape index (κ1) is 11.2. The number of hydrogen-bond donors (Lipinski definition) is 1. The Morgan fingerprint density at radius 3 is 3.00 bits per heavy atom. The minimum Gasteiger partial charge on any atom is -0.493 e. The van der Waals surface area contributed by atoms with Gasteiger partial charge in [-0.2, -0.15) is 4.68 Å². The second-order valence-corrected chi connectivity index (χ2v) is 3.32. The van der Waals surface area contributed by atoms with Crippen LogP contribution < -0.4 is 15.2 Å². The summed E-state index contributed by atoms with van der Waals surface area (Å²) in [6.07, 6.45) is 1.38. The van der Waals surface area contributed by atoms with E-state index >= 15 is 0 Å². The number of aromatic nitrogens is 3. The van der Waals surface area contributed by atoms with E-state index in [1.165, 1.54) is 19.3 Å². The van der Waals surface area contributed by atoms with Crippen molar-refractivity contribution in [1.29, 1.82) is 0 Å². The molecule has 2 rings (SSSR count). The normalized spacial score (nSPS) is 10.5.